The molecule has 0 aliphatic rings. The maximum atomic E-state index is 13.6. The highest BCUT2D eigenvalue weighted by Crippen LogP contribution is 2.22. The van der Waals surface area contributed by atoms with Gasteiger partial charge in [-0.05, 0) is 36.4 Å². The number of nitrogens with one attached hydrogen (secondary N) is 1. The summed E-state index contributed by atoms with van der Waals surface area (Å²) < 4.78 is 42.2. The molecule has 0 saturated carbocycles. The average Bonchev–Trinajstić information content (AvgIpc) is 3.09. The molecule has 3 aromatic rings. The van der Waals surface area contributed by atoms with Gasteiger partial charge < -0.3 is 0 Å². The Balaban J connectivity index is 1.91. The van der Waals surface area contributed by atoms with Crippen molar-refractivity contribution in [3.8, 4) is 11.8 Å². The lowest BCUT2D eigenvalue weighted by molar-refractivity contribution is 0.593. The fourth-order valence-electron chi connectivity index (χ4n) is 2.07. The van der Waals surface area contributed by atoms with Gasteiger partial charge in [-0.3, -0.25) is 4.72 Å². The molecule has 1 N–H and O–H groups in total. The van der Waals surface area contributed by atoms with Crippen LogP contribution in [0.3, 0.4) is 0 Å². The van der Waals surface area contributed by atoms with Gasteiger partial charge in [0.15, 0.2) is 0 Å². The number of benzene rings is 2. The Labute approximate surface area is 137 Å². The van der Waals surface area contributed by atoms with Crippen LogP contribution in [0.15, 0.2) is 60.0 Å². The molecule has 0 atom stereocenters. The summed E-state index contributed by atoms with van der Waals surface area (Å²) >= 11 is 0. The Morgan fingerprint density at radius 2 is 1.92 bits per heavy atom. The van der Waals surface area contributed by atoms with Gasteiger partial charge in [-0.2, -0.15) is 10.4 Å². The van der Waals surface area contributed by atoms with Crippen LogP contribution in [0.1, 0.15) is 5.56 Å². The monoisotopic (exact) mass is 343 g/mol. The Bertz CT molecular complexity index is 1010. The minimum atomic E-state index is -4.09. The number of aromatic nitrogens is 3. The molecule has 1 heterocycles. The van der Waals surface area contributed by atoms with Gasteiger partial charge in [0.05, 0.1) is 5.69 Å². The second kappa shape index (κ2) is 6.10. The van der Waals surface area contributed by atoms with E-state index >= 15 is 0 Å². The molecule has 0 bridgehead atoms. The van der Waals surface area contributed by atoms with Crippen LogP contribution in [0, 0.1) is 17.1 Å². The Morgan fingerprint density at radius 3 is 2.54 bits per heavy atom. The number of hydrogen-bond donors (Lipinski definition) is 1. The van der Waals surface area contributed by atoms with E-state index in [4.69, 9.17) is 5.26 Å². The van der Waals surface area contributed by atoms with Gasteiger partial charge in [0.2, 0.25) is 0 Å². The van der Waals surface area contributed by atoms with Gasteiger partial charge in [-0.25, -0.2) is 22.5 Å². The number of nitriles is 1. The molecule has 0 radical (unpaired) electrons. The van der Waals surface area contributed by atoms with E-state index in [1.54, 1.807) is 18.2 Å². The van der Waals surface area contributed by atoms with Crippen LogP contribution in [0.2, 0.25) is 0 Å². The molecule has 0 amide bonds. The average molecular weight is 343 g/mol. The summed E-state index contributed by atoms with van der Waals surface area (Å²) in [7, 11) is -4.09. The summed E-state index contributed by atoms with van der Waals surface area (Å²) in [4.78, 5) is 3.41. The molecule has 0 aliphatic heterocycles. The molecule has 120 valence electrons. The molecule has 0 spiro atoms. The van der Waals surface area contributed by atoms with Crippen LogP contribution in [-0.4, -0.2) is 23.2 Å². The smallest absolute Gasteiger partial charge is 0.263 e. The third-order valence-corrected chi connectivity index (χ3v) is 4.60. The molecule has 24 heavy (non-hydrogen) atoms. The van der Waals surface area contributed by atoms with E-state index in [0.29, 0.717) is 5.69 Å². The van der Waals surface area contributed by atoms with E-state index in [0.717, 1.165) is 6.07 Å². The van der Waals surface area contributed by atoms with Crippen LogP contribution in [0.25, 0.3) is 5.69 Å². The van der Waals surface area contributed by atoms with Crippen LogP contribution < -0.4 is 4.72 Å². The molecule has 1 aromatic heterocycles. The maximum Gasteiger partial charge on any atom is 0.263 e. The summed E-state index contributed by atoms with van der Waals surface area (Å²) in [6.45, 7) is 0. The van der Waals surface area contributed by atoms with E-state index in [2.05, 4.69) is 14.8 Å². The first kappa shape index (κ1) is 15.6. The number of nitrogens with zero attached hydrogens (tertiary/aromatic N) is 4. The zero-order valence-corrected chi connectivity index (χ0v) is 12.9. The first-order valence-corrected chi connectivity index (χ1v) is 8.16. The van der Waals surface area contributed by atoms with Crippen molar-refractivity contribution in [3.05, 3.63) is 66.5 Å². The minimum Gasteiger partial charge on any atom is -0.280 e. The number of halogens is 1. The molecular weight excluding hydrogens is 333 g/mol. The minimum absolute atomic E-state index is 0.270. The summed E-state index contributed by atoms with van der Waals surface area (Å²) in [5, 5.41) is 12.9. The maximum absolute atomic E-state index is 13.6. The molecule has 7 nitrogen and oxygen atoms in total. The zero-order valence-electron chi connectivity index (χ0n) is 12.1. The predicted octanol–water partition coefficient (Wildman–Crippen LogP) is 2.08. The van der Waals surface area contributed by atoms with Crippen LogP contribution in [0.5, 0.6) is 0 Å². The molecule has 9 heteroatoms. The largest absolute Gasteiger partial charge is 0.280 e. The van der Waals surface area contributed by atoms with Crippen molar-refractivity contribution in [1.29, 1.82) is 5.26 Å². The van der Waals surface area contributed by atoms with Crippen molar-refractivity contribution in [2.75, 3.05) is 4.72 Å². The number of sulfonamides is 1. The van der Waals surface area contributed by atoms with Gasteiger partial charge in [0.1, 0.15) is 35.0 Å². The second-order valence-electron chi connectivity index (χ2n) is 4.72. The van der Waals surface area contributed by atoms with Crippen LogP contribution in [0.4, 0.5) is 10.1 Å². The predicted molar refractivity (Wildman–Crippen MR) is 83.3 cm³/mol. The van der Waals surface area contributed by atoms with Gasteiger partial charge in [-0.15, -0.1) is 0 Å². The SMILES string of the molecule is N#Cc1c(F)cccc1S(=O)(=O)Nc1ccc(-n2cncn2)cc1. The highest BCUT2D eigenvalue weighted by Gasteiger charge is 2.21. The Kier molecular flexibility index (Phi) is 3.97. The van der Waals surface area contributed by atoms with E-state index < -0.39 is 26.3 Å². The molecule has 2 aromatic carbocycles. The standard InChI is InChI=1S/C15H10FN5O2S/c16-14-2-1-3-15(13(14)8-17)24(22,23)20-11-4-6-12(7-5-11)21-10-18-9-19-21/h1-7,9-10,20H. The van der Waals surface area contributed by atoms with E-state index in [1.807, 2.05) is 0 Å². The van der Waals surface area contributed by atoms with Gasteiger partial charge >= 0.3 is 0 Å². The van der Waals surface area contributed by atoms with Crippen LogP contribution >= 0.6 is 0 Å². The normalized spacial score (nSPS) is 11.0. The van der Waals surface area contributed by atoms with Gasteiger partial charge in [0.25, 0.3) is 10.0 Å². The van der Waals surface area contributed by atoms with Crippen molar-refractivity contribution in [2.24, 2.45) is 0 Å². The van der Waals surface area contributed by atoms with E-state index in [1.165, 1.54) is 41.6 Å². The zero-order chi connectivity index (χ0) is 17.2. The lowest BCUT2D eigenvalue weighted by Crippen LogP contribution is -2.15. The van der Waals surface area contributed by atoms with Crippen molar-refractivity contribution in [3.63, 3.8) is 0 Å². The molecule has 3 rings (SSSR count). The topological polar surface area (TPSA) is 101 Å². The van der Waals surface area contributed by atoms with Crippen molar-refractivity contribution in [2.45, 2.75) is 4.90 Å². The lowest BCUT2D eigenvalue weighted by Gasteiger charge is -2.10. The lowest BCUT2D eigenvalue weighted by atomic mass is 10.2. The first-order valence-electron chi connectivity index (χ1n) is 6.68. The molecule has 0 unspecified atom stereocenters. The molecule has 0 aliphatic carbocycles. The number of rotatable bonds is 4. The summed E-state index contributed by atoms with van der Waals surface area (Å²) in [6.07, 6.45) is 2.88. The summed E-state index contributed by atoms with van der Waals surface area (Å²) in [5.74, 6) is -0.887. The fraction of sp³-hybridized carbons (Fsp3) is 0. The van der Waals surface area contributed by atoms with Gasteiger partial charge in [0, 0.05) is 5.69 Å². The Hall–Kier alpha value is -3.25. The molecule has 0 fully saturated rings. The van der Waals surface area contributed by atoms with Crippen molar-refractivity contribution in [1.82, 2.24) is 14.8 Å². The van der Waals surface area contributed by atoms with Crippen molar-refractivity contribution < 1.29 is 12.8 Å². The number of hydrogen-bond acceptors (Lipinski definition) is 5. The summed E-state index contributed by atoms with van der Waals surface area (Å²) in [6, 6.07) is 11.4. The first-order chi connectivity index (χ1) is 11.5. The summed E-state index contributed by atoms with van der Waals surface area (Å²) in [5.41, 5.74) is 0.440. The molecular formula is C15H10FN5O2S. The third-order valence-electron chi connectivity index (χ3n) is 3.18. The highest BCUT2D eigenvalue weighted by atomic mass is 32.2. The third kappa shape index (κ3) is 2.95. The number of anilines is 1. The Morgan fingerprint density at radius 1 is 1.17 bits per heavy atom. The van der Waals surface area contributed by atoms with E-state index in [-0.39, 0.29) is 5.69 Å². The molecule has 0 saturated heterocycles. The van der Waals surface area contributed by atoms with E-state index in [9.17, 15) is 12.8 Å². The van der Waals surface area contributed by atoms with Crippen molar-refractivity contribution >= 4 is 15.7 Å². The van der Waals surface area contributed by atoms with Crippen LogP contribution in [-0.2, 0) is 10.0 Å². The van der Waals surface area contributed by atoms with Gasteiger partial charge in [-0.1, -0.05) is 6.07 Å². The quantitative estimate of drug-likeness (QED) is 0.781. The second-order valence-corrected chi connectivity index (χ2v) is 6.37. The fourth-order valence-corrected chi connectivity index (χ4v) is 3.30. The highest BCUT2D eigenvalue weighted by molar-refractivity contribution is 7.92.